The molecule has 4 spiro atoms. The third-order valence-corrected chi connectivity index (χ3v) is 13.6. The summed E-state index contributed by atoms with van der Waals surface area (Å²) in [6.07, 6.45) is 4.40. The highest BCUT2D eigenvalue weighted by molar-refractivity contribution is 9.10. The number of rotatable bonds is 2. The minimum atomic E-state index is -1.30. The van der Waals surface area contributed by atoms with E-state index in [1.165, 1.54) is 21.1 Å². The number of amides is 2. The Balaban J connectivity index is 0.000000137. The molecule has 6 aliphatic heterocycles. The molecule has 0 radical (unpaired) electrons. The molecule has 2 fully saturated rings. The van der Waals surface area contributed by atoms with Gasteiger partial charge in [0.2, 0.25) is 0 Å². The van der Waals surface area contributed by atoms with Crippen LogP contribution in [-0.2, 0) is 30.1 Å². The minimum absolute atomic E-state index is 0.0992. The van der Waals surface area contributed by atoms with E-state index in [1.807, 2.05) is 47.8 Å². The zero-order chi connectivity index (χ0) is 40.9. The molecule has 0 aliphatic carbocycles. The van der Waals surface area contributed by atoms with Crippen LogP contribution in [0.3, 0.4) is 0 Å². The Hall–Kier alpha value is -4.30. The molecule has 10 rings (SSSR count). The fraction of sp³-hybridized carbons (Fsp3) is 0.400. The Bertz CT molecular complexity index is 2250. The quantitative estimate of drug-likeness (QED) is 0.215. The number of ether oxygens (including phenoxy) is 4. The number of carbonyl (C=O) groups excluding carboxylic acids is 2. The van der Waals surface area contributed by atoms with Crippen molar-refractivity contribution in [3.63, 3.8) is 0 Å². The second kappa shape index (κ2) is 15.7. The van der Waals surface area contributed by atoms with Gasteiger partial charge in [-0.3, -0.25) is 19.4 Å². The molecule has 2 amide bonds. The van der Waals surface area contributed by atoms with Crippen LogP contribution in [0.5, 0.6) is 11.5 Å². The topological polar surface area (TPSA) is 195 Å². The maximum atomic E-state index is 13.3. The summed E-state index contributed by atoms with van der Waals surface area (Å²) in [5.41, 5.74) is 12.1. The first kappa shape index (κ1) is 40.5. The van der Waals surface area contributed by atoms with Crippen LogP contribution in [0.15, 0.2) is 85.2 Å². The van der Waals surface area contributed by atoms with Gasteiger partial charge in [0.25, 0.3) is 11.8 Å². The molecule has 2 aromatic heterocycles. The second-order valence-electron chi connectivity index (χ2n) is 15.4. The van der Waals surface area contributed by atoms with Crippen LogP contribution < -0.4 is 26.4 Å². The molecule has 0 bridgehead atoms. The van der Waals surface area contributed by atoms with Crippen molar-refractivity contribution in [2.45, 2.75) is 60.8 Å². The van der Waals surface area contributed by atoms with Crippen LogP contribution >= 0.6 is 38.6 Å². The highest BCUT2D eigenvalue weighted by Crippen LogP contribution is 2.53. The van der Waals surface area contributed by atoms with Crippen molar-refractivity contribution in [2.75, 3.05) is 40.5 Å². The van der Waals surface area contributed by atoms with E-state index in [9.17, 15) is 9.59 Å². The summed E-state index contributed by atoms with van der Waals surface area (Å²) in [6, 6.07) is 17.5. The van der Waals surface area contributed by atoms with Crippen molar-refractivity contribution >= 4 is 74.9 Å². The lowest BCUT2D eigenvalue weighted by molar-refractivity contribution is -0.139. The van der Waals surface area contributed by atoms with Gasteiger partial charge < -0.3 is 40.5 Å². The van der Waals surface area contributed by atoms with E-state index < -0.39 is 29.4 Å². The van der Waals surface area contributed by atoms with Gasteiger partial charge in [0.1, 0.15) is 22.7 Å². The second-order valence-corrected chi connectivity index (χ2v) is 18.0. The lowest BCUT2D eigenvalue weighted by atomic mass is 9.74. The van der Waals surface area contributed by atoms with Crippen molar-refractivity contribution < 1.29 is 38.6 Å². The molecule has 304 valence electrons. The first-order valence-corrected chi connectivity index (χ1v) is 21.6. The van der Waals surface area contributed by atoms with Gasteiger partial charge in [-0.05, 0) is 95.3 Å². The van der Waals surface area contributed by atoms with E-state index in [0.717, 1.165) is 64.9 Å². The van der Waals surface area contributed by atoms with Gasteiger partial charge in [-0.15, -0.1) is 11.3 Å². The molecule has 14 nitrogen and oxygen atoms in total. The molecular weight excluding hydrogens is 847 g/mol. The number of aliphatic imine (C=N–C) groups is 2. The third-order valence-electron chi connectivity index (χ3n) is 11.5. The van der Waals surface area contributed by atoms with Crippen LogP contribution in [0.25, 0.3) is 10.4 Å². The molecule has 6 aliphatic rings. The number of carbonyl (C=O) groups is 2. The molecule has 2 aromatic carbocycles. The van der Waals surface area contributed by atoms with Gasteiger partial charge in [0.15, 0.2) is 23.0 Å². The zero-order valence-corrected chi connectivity index (χ0v) is 35.3. The summed E-state index contributed by atoms with van der Waals surface area (Å²) in [5.74, 6) is 1.67. The van der Waals surface area contributed by atoms with Gasteiger partial charge in [-0.2, -0.15) is 11.3 Å². The maximum Gasteiger partial charge on any atom is 0.489 e. The molecule has 6 N–H and O–H groups in total. The van der Waals surface area contributed by atoms with Crippen LogP contribution in [0.2, 0.25) is 0 Å². The molecular formula is C40H44BBrN6O8S2. The van der Waals surface area contributed by atoms with Crippen molar-refractivity contribution in [3.8, 4) is 21.9 Å². The number of guanidine groups is 2. The fourth-order valence-corrected chi connectivity index (χ4v) is 10.4. The summed E-state index contributed by atoms with van der Waals surface area (Å²) >= 11 is 6.59. The van der Waals surface area contributed by atoms with Gasteiger partial charge >= 0.3 is 7.12 Å². The van der Waals surface area contributed by atoms with E-state index >= 15 is 0 Å². The number of benzene rings is 2. The SMILES string of the molecule is CN1C(=O)C2(CC3(CCCOC3)Oc3ccc(-c4cccs4)cc32)N=C1N.CN1C(=O)C2(CC3(CCCOC3)Oc3ccc(Br)cc32)N=C1N.OB(O)c1ccsc1. The number of hydrogen-bond acceptors (Lipinski definition) is 14. The first-order chi connectivity index (χ1) is 27.8. The highest BCUT2D eigenvalue weighted by atomic mass is 79.9. The van der Waals surface area contributed by atoms with Crippen LogP contribution in [0, 0.1) is 0 Å². The van der Waals surface area contributed by atoms with Crippen LogP contribution in [0.4, 0.5) is 0 Å². The molecule has 18 heteroatoms. The fourth-order valence-electron chi connectivity index (χ4n) is 8.61. The standard InChI is InChI=1S/C20H21N3O3S.C16H18BrN3O3.C4H5BO2S/c1-23-17(24)20(22-18(23)21)11-19(7-3-8-25-12-19)26-15-6-5-13(10-14(15)20)16-4-2-9-27-16;1-20-13(21)16(19-14(20)18)8-15(5-2-6-22-9-15)23-12-4-3-10(17)7-11(12)16;6-5(7)4-1-2-8-3-4/h2,4-6,9-10H,3,7-8,11-12H2,1H3,(H2,21,22);3-4,7H,2,5-6,8-9H2,1H3,(H2,18,19);1-3,6-7H. The summed E-state index contributed by atoms with van der Waals surface area (Å²) in [5, 5.41) is 22.5. The van der Waals surface area contributed by atoms with Gasteiger partial charge in [0, 0.05) is 60.6 Å². The number of fused-ring (bicyclic) bond motifs is 4. The van der Waals surface area contributed by atoms with Crippen molar-refractivity contribution in [2.24, 2.45) is 21.5 Å². The Morgan fingerprint density at radius 3 is 1.79 bits per heavy atom. The Kier molecular flexibility index (Phi) is 11.0. The Labute approximate surface area is 352 Å². The Morgan fingerprint density at radius 2 is 1.36 bits per heavy atom. The molecule has 4 atom stereocenters. The lowest BCUT2D eigenvalue weighted by Gasteiger charge is -2.46. The first-order valence-electron chi connectivity index (χ1n) is 19.0. The number of nitrogens with two attached hydrogens (primary N) is 2. The average molecular weight is 892 g/mol. The van der Waals surface area contributed by atoms with Gasteiger partial charge in [-0.25, -0.2) is 9.98 Å². The number of hydrogen-bond donors (Lipinski definition) is 4. The van der Waals surface area contributed by atoms with Crippen LogP contribution in [-0.4, -0.2) is 102 Å². The number of likely N-dealkylation sites (N-methyl/N-ethyl adjacent to an activating group) is 2. The van der Waals surface area contributed by atoms with E-state index in [1.54, 1.807) is 42.3 Å². The van der Waals surface area contributed by atoms with E-state index in [2.05, 4.69) is 27.0 Å². The predicted octanol–water partition coefficient (Wildman–Crippen LogP) is 3.92. The molecule has 58 heavy (non-hydrogen) atoms. The van der Waals surface area contributed by atoms with Crippen LogP contribution in [0.1, 0.15) is 49.7 Å². The summed E-state index contributed by atoms with van der Waals surface area (Å²) in [7, 11) is 2.03. The normalized spacial score (nSPS) is 28.2. The highest BCUT2D eigenvalue weighted by Gasteiger charge is 2.60. The monoisotopic (exact) mass is 890 g/mol. The summed E-state index contributed by atoms with van der Waals surface area (Å²) < 4.78 is 25.0. The minimum Gasteiger partial charge on any atom is -0.484 e. The maximum absolute atomic E-state index is 13.3. The van der Waals surface area contributed by atoms with Crippen molar-refractivity contribution in [3.05, 3.63) is 86.3 Å². The molecule has 0 saturated carbocycles. The summed E-state index contributed by atoms with van der Waals surface area (Å²) in [6.45, 7) is 2.38. The third kappa shape index (κ3) is 7.22. The number of halogens is 1. The van der Waals surface area contributed by atoms with Gasteiger partial charge in [0.05, 0.1) is 13.2 Å². The van der Waals surface area contributed by atoms with Gasteiger partial charge in [-0.1, -0.05) is 28.1 Å². The lowest BCUT2D eigenvalue weighted by Crippen LogP contribution is -2.55. The van der Waals surface area contributed by atoms with E-state index in [-0.39, 0.29) is 23.7 Å². The Morgan fingerprint density at radius 1 is 0.793 bits per heavy atom. The van der Waals surface area contributed by atoms with E-state index in [4.69, 9.17) is 45.5 Å². The number of nitrogens with zero attached hydrogens (tertiary/aromatic N) is 4. The van der Waals surface area contributed by atoms with Crippen molar-refractivity contribution in [1.29, 1.82) is 0 Å². The smallest absolute Gasteiger partial charge is 0.484 e. The largest absolute Gasteiger partial charge is 0.489 e. The predicted molar refractivity (Wildman–Crippen MR) is 226 cm³/mol. The number of thiophene rings is 2. The zero-order valence-electron chi connectivity index (χ0n) is 32.1. The van der Waals surface area contributed by atoms with Crippen molar-refractivity contribution in [1.82, 2.24) is 9.80 Å². The molecule has 4 aromatic rings. The molecule has 4 unspecified atom stereocenters. The summed E-state index contributed by atoms with van der Waals surface area (Å²) in [4.78, 5) is 39.6. The average Bonchev–Trinajstić information content (AvgIpc) is 4.03. The van der Waals surface area contributed by atoms with E-state index in [0.29, 0.717) is 43.0 Å². The molecule has 8 heterocycles. The molecule has 2 saturated heterocycles.